The largest absolute Gasteiger partial charge is 0.396 e. The summed E-state index contributed by atoms with van der Waals surface area (Å²) >= 11 is 3.36. The summed E-state index contributed by atoms with van der Waals surface area (Å²) in [6.45, 7) is 4.15. The first-order chi connectivity index (χ1) is 8.11. The molecule has 0 aliphatic carbocycles. The minimum atomic E-state index is 0.127. The number of aliphatic hydroxyl groups is 1. The number of rotatable bonds is 4. The summed E-state index contributed by atoms with van der Waals surface area (Å²) in [6, 6.07) is 0.127. The highest BCUT2D eigenvalue weighted by Crippen LogP contribution is 2.19. The number of nitrogens with one attached hydrogen (secondary N) is 1. The molecule has 6 heteroatoms. The summed E-state index contributed by atoms with van der Waals surface area (Å²) in [5, 5.41) is 12.4. The summed E-state index contributed by atoms with van der Waals surface area (Å²) in [5.41, 5.74) is 0.783. The van der Waals surface area contributed by atoms with Crippen molar-refractivity contribution in [2.24, 2.45) is 5.92 Å². The molecule has 5 nitrogen and oxygen atoms in total. The van der Waals surface area contributed by atoms with E-state index in [2.05, 4.69) is 31.2 Å². The van der Waals surface area contributed by atoms with Gasteiger partial charge in [0.25, 0.3) is 0 Å². The molecule has 2 rings (SSSR count). The van der Waals surface area contributed by atoms with E-state index in [4.69, 9.17) is 5.11 Å². The van der Waals surface area contributed by atoms with Crippen molar-refractivity contribution < 1.29 is 5.11 Å². The van der Waals surface area contributed by atoms with Crippen molar-refractivity contribution in [2.75, 3.05) is 11.9 Å². The summed E-state index contributed by atoms with van der Waals surface area (Å²) in [7, 11) is 0. The van der Waals surface area contributed by atoms with Crippen LogP contribution in [-0.2, 0) is 0 Å². The number of aliphatic hydroxyl groups excluding tert-OH is 1. The summed E-state index contributed by atoms with van der Waals surface area (Å²) in [5.74, 6) is 0.878. The maximum atomic E-state index is 9.12. The number of nitrogens with zero attached hydrogens (tertiary/aromatic N) is 3. The molecule has 2 atom stereocenters. The van der Waals surface area contributed by atoms with Gasteiger partial charge >= 0.3 is 0 Å². The zero-order valence-corrected chi connectivity index (χ0v) is 11.3. The Morgan fingerprint density at radius 3 is 3.00 bits per heavy atom. The molecule has 2 N–H and O–H groups in total. The maximum absolute atomic E-state index is 9.12. The van der Waals surface area contributed by atoms with Gasteiger partial charge < -0.3 is 14.8 Å². The van der Waals surface area contributed by atoms with E-state index in [0.717, 1.165) is 16.1 Å². The molecule has 2 heterocycles. The minimum absolute atomic E-state index is 0.127. The number of imidazole rings is 1. The maximum Gasteiger partial charge on any atom is 0.180 e. The number of hydrogen-bond donors (Lipinski definition) is 2. The van der Waals surface area contributed by atoms with E-state index in [9.17, 15) is 0 Å². The van der Waals surface area contributed by atoms with Gasteiger partial charge in [-0.2, -0.15) is 0 Å². The second-order valence-electron chi connectivity index (χ2n) is 4.16. The fourth-order valence-electron chi connectivity index (χ4n) is 1.51. The Kier molecular flexibility index (Phi) is 3.63. The van der Waals surface area contributed by atoms with Crippen LogP contribution in [0.3, 0.4) is 0 Å². The molecule has 0 saturated heterocycles. The highest BCUT2D eigenvalue weighted by Gasteiger charge is 2.14. The Balaban J connectivity index is 2.31. The van der Waals surface area contributed by atoms with Crippen molar-refractivity contribution >= 4 is 27.4 Å². The molecular weight excluding hydrogens is 284 g/mol. The smallest absolute Gasteiger partial charge is 0.180 e. The van der Waals surface area contributed by atoms with E-state index >= 15 is 0 Å². The number of fused-ring (bicyclic) bond motifs is 1. The van der Waals surface area contributed by atoms with Crippen LogP contribution in [0.2, 0.25) is 0 Å². The minimum Gasteiger partial charge on any atom is -0.396 e. The zero-order valence-electron chi connectivity index (χ0n) is 9.76. The molecule has 0 aliphatic heterocycles. The average molecular weight is 299 g/mol. The lowest BCUT2D eigenvalue weighted by Crippen LogP contribution is -2.27. The predicted octanol–water partition coefficient (Wildman–Crippen LogP) is 1.92. The van der Waals surface area contributed by atoms with Gasteiger partial charge in [0, 0.05) is 31.2 Å². The van der Waals surface area contributed by atoms with Crippen LogP contribution in [0.15, 0.2) is 23.2 Å². The van der Waals surface area contributed by atoms with Gasteiger partial charge in [-0.25, -0.2) is 9.97 Å². The van der Waals surface area contributed by atoms with Crippen molar-refractivity contribution in [3.63, 3.8) is 0 Å². The van der Waals surface area contributed by atoms with E-state index < -0.39 is 0 Å². The van der Waals surface area contributed by atoms with Crippen LogP contribution in [-0.4, -0.2) is 32.1 Å². The van der Waals surface area contributed by atoms with E-state index in [1.807, 2.05) is 30.6 Å². The predicted molar refractivity (Wildman–Crippen MR) is 70.0 cm³/mol. The molecule has 92 valence electrons. The first-order valence-electron chi connectivity index (χ1n) is 5.48. The third kappa shape index (κ3) is 2.58. The van der Waals surface area contributed by atoms with Crippen LogP contribution in [0.1, 0.15) is 13.8 Å². The molecular formula is C11H15BrN4O. The Morgan fingerprint density at radius 1 is 1.53 bits per heavy atom. The van der Waals surface area contributed by atoms with Crippen LogP contribution in [0.5, 0.6) is 0 Å². The van der Waals surface area contributed by atoms with E-state index in [1.165, 1.54) is 0 Å². The van der Waals surface area contributed by atoms with Gasteiger partial charge in [0.2, 0.25) is 0 Å². The second kappa shape index (κ2) is 5.01. The quantitative estimate of drug-likeness (QED) is 0.905. The second-order valence-corrected chi connectivity index (χ2v) is 4.98. The Morgan fingerprint density at radius 2 is 2.29 bits per heavy atom. The van der Waals surface area contributed by atoms with E-state index in [1.54, 1.807) is 6.20 Å². The molecule has 2 aromatic heterocycles. The Bertz CT molecular complexity index is 513. The van der Waals surface area contributed by atoms with Crippen molar-refractivity contribution in [2.45, 2.75) is 19.9 Å². The van der Waals surface area contributed by atoms with Crippen LogP contribution in [0, 0.1) is 5.92 Å². The molecule has 0 spiro atoms. The van der Waals surface area contributed by atoms with Crippen molar-refractivity contribution in [1.82, 2.24) is 14.4 Å². The van der Waals surface area contributed by atoms with Gasteiger partial charge in [0.05, 0.1) is 0 Å². The molecule has 0 aliphatic rings. The first-order valence-corrected chi connectivity index (χ1v) is 6.27. The molecule has 2 aromatic rings. The number of aromatic nitrogens is 3. The van der Waals surface area contributed by atoms with E-state index in [-0.39, 0.29) is 18.6 Å². The van der Waals surface area contributed by atoms with E-state index in [0.29, 0.717) is 0 Å². The number of hydrogen-bond acceptors (Lipinski definition) is 4. The van der Waals surface area contributed by atoms with Gasteiger partial charge in [-0.3, -0.25) is 0 Å². The third-order valence-electron chi connectivity index (χ3n) is 2.85. The molecule has 0 saturated carbocycles. The lowest BCUT2D eigenvalue weighted by atomic mass is 10.1. The van der Waals surface area contributed by atoms with Gasteiger partial charge in [-0.1, -0.05) is 6.92 Å². The highest BCUT2D eigenvalue weighted by molar-refractivity contribution is 9.10. The lowest BCUT2D eigenvalue weighted by Gasteiger charge is -2.20. The molecule has 17 heavy (non-hydrogen) atoms. The molecule has 0 radical (unpaired) electrons. The standard InChI is InChI=1S/C11H15BrN4O/c1-7(6-17)8(2)14-10-11-13-3-4-16(11)5-9(12)15-10/h3-5,7-8,17H,6H2,1-2H3,(H,14,15). The summed E-state index contributed by atoms with van der Waals surface area (Å²) in [6.07, 6.45) is 5.45. The van der Waals surface area contributed by atoms with Gasteiger partial charge in [-0.15, -0.1) is 0 Å². The van der Waals surface area contributed by atoms with Crippen LogP contribution in [0.25, 0.3) is 5.65 Å². The van der Waals surface area contributed by atoms with Crippen LogP contribution < -0.4 is 5.32 Å². The lowest BCUT2D eigenvalue weighted by molar-refractivity contribution is 0.226. The monoisotopic (exact) mass is 298 g/mol. The van der Waals surface area contributed by atoms with Crippen LogP contribution >= 0.6 is 15.9 Å². The fourth-order valence-corrected chi connectivity index (χ4v) is 1.91. The third-order valence-corrected chi connectivity index (χ3v) is 3.23. The normalized spacial score (nSPS) is 14.8. The van der Waals surface area contributed by atoms with Gasteiger partial charge in [-0.05, 0) is 28.8 Å². The summed E-state index contributed by atoms with van der Waals surface area (Å²) < 4.78 is 2.64. The molecule has 0 bridgehead atoms. The van der Waals surface area contributed by atoms with Crippen molar-refractivity contribution in [3.8, 4) is 0 Å². The first kappa shape index (κ1) is 12.3. The molecule has 0 aromatic carbocycles. The fraction of sp³-hybridized carbons (Fsp3) is 0.455. The van der Waals surface area contributed by atoms with Gasteiger partial charge in [0.15, 0.2) is 11.5 Å². The van der Waals surface area contributed by atoms with Gasteiger partial charge in [0.1, 0.15) is 4.60 Å². The van der Waals surface area contributed by atoms with Crippen molar-refractivity contribution in [3.05, 3.63) is 23.2 Å². The molecule has 0 fully saturated rings. The SMILES string of the molecule is CC(CO)C(C)Nc1nc(Br)cn2ccnc12. The topological polar surface area (TPSA) is 62.5 Å². The number of anilines is 1. The Labute approximate surface area is 108 Å². The van der Waals surface area contributed by atoms with Crippen LogP contribution in [0.4, 0.5) is 5.82 Å². The number of halogens is 1. The highest BCUT2D eigenvalue weighted by atomic mass is 79.9. The Hall–Kier alpha value is -1.14. The average Bonchev–Trinajstić information content (AvgIpc) is 2.75. The molecule has 2 unspecified atom stereocenters. The zero-order chi connectivity index (χ0) is 12.4. The molecule has 0 amide bonds. The summed E-state index contributed by atoms with van der Waals surface area (Å²) in [4.78, 5) is 8.62. The van der Waals surface area contributed by atoms with Crippen molar-refractivity contribution in [1.29, 1.82) is 0 Å².